The summed E-state index contributed by atoms with van der Waals surface area (Å²) in [5.41, 5.74) is 9.11. The van der Waals surface area contributed by atoms with Crippen molar-refractivity contribution in [3.8, 4) is 16.5 Å². The Hall–Kier alpha value is -6.76. The van der Waals surface area contributed by atoms with E-state index in [9.17, 15) is 23.1 Å². The number of carboxylic acids is 1. The van der Waals surface area contributed by atoms with Gasteiger partial charge in [-0.05, 0) is 105 Å². The number of ether oxygens (including phenoxy) is 2. The second-order valence-electron chi connectivity index (χ2n) is 17.6. The summed E-state index contributed by atoms with van der Waals surface area (Å²) in [6.07, 6.45) is 0.574. The van der Waals surface area contributed by atoms with E-state index in [1.807, 2.05) is 86.0 Å². The number of aliphatic carboxylic acids is 1. The zero-order chi connectivity index (χ0) is 48.0. The van der Waals surface area contributed by atoms with E-state index in [2.05, 4.69) is 39.7 Å². The van der Waals surface area contributed by atoms with Gasteiger partial charge in [-0.3, -0.25) is 19.1 Å². The number of benzene rings is 4. The molecule has 0 spiro atoms. The molecule has 2 N–H and O–H groups in total. The van der Waals surface area contributed by atoms with Crippen molar-refractivity contribution in [1.82, 2.24) is 39.4 Å². The summed E-state index contributed by atoms with van der Waals surface area (Å²) in [5.74, 6) is 0.427. The van der Waals surface area contributed by atoms with E-state index < -0.39 is 34.1 Å². The number of methoxy groups -OCH3 is 1. The number of thiophene rings is 1. The molecule has 0 aliphatic carbocycles. The smallest absolute Gasteiger partial charge is 0.304 e. The number of aromatic nitrogens is 6. The molecule has 0 saturated carbocycles. The molecule has 3 aromatic heterocycles. The number of nitrogens with zero attached hydrogens (tertiary/aromatic N) is 8. The summed E-state index contributed by atoms with van der Waals surface area (Å²) < 4.78 is 45.9. The molecule has 9 rings (SSSR count). The van der Waals surface area contributed by atoms with Crippen molar-refractivity contribution in [3.63, 3.8) is 0 Å². The van der Waals surface area contributed by atoms with Crippen LogP contribution in [0.5, 0.6) is 11.5 Å². The molecule has 0 saturated heterocycles. The highest BCUT2D eigenvalue weighted by atomic mass is 32.2. The first-order valence-electron chi connectivity index (χ1n) is 22.5. The molecule has 0 radical (unpaired) electrons. The molecule has 1 amide bonds. The Morgan fingerprint density at radius 1 is 0.985 bits per heavy atom. The second-order valence-corrected chi connectivity index (χ2v) is 20.7. The average molecular weight is 956 g/mol. The van der Waals surface area contributed by atoms with Gasteiger partial charge >= 0.3 is 5.97 Å². The van der Waals surface area contributed by atoms with Crippen molar-refractivity contribution < 1.29 is 32.6 Å². The summed E-state index contributed by atoms with van der Waals surface area (Å²) in [6, 6.07) is 23.9. The van der Waals surface area contributed by atoms with E-state index >= 15 is 0 Å². The third-order valence-electron chi connectivity index (χ3n) is 12.9. The molecular formula is C50H53N9O7S2. The van der Waals surface area contributed by atoms with Gasteiger partial charge in [0.25, 0.3) is 0 Å². The third kappa shape index (κ3) is 8.90. The Labute approximate surface area is 398 Å². The third-order valence-corrected chi connectivity index (χ3v) is 15.9. The number of carbonyl (C=O) groups excluding carboxylic acids is 1. The molecule has 1 unspecified atom stereocenters. The standard InChI is InChI=1S/C50H53N9O7S2/c1-28-15-17-35(38(24-45(61)62)36-22-39-48(42(23-36)65-7)57(6)56-54-39)21-37(28)27-58-26-29(2)66-41-20-33(16-18-43(41)68(58,63)64)12-11-19-51-44(60)25-40-49-55-53-32(5)59(49)50-46(30(3)31(4)67-50)47(52-40)34-13-9-8-10-14-34/h8-10,13-18,20-23,29,38,40H,11-12,19,24-27H2,1-7H3,(H,51,60)(H,61,62)/t29-,38+,40?/m1/s1. The Balaban J connectivity index is 0.884. The van der Waals surface area contributed by atoms with Crippen LogP contribution in [0.15, 0.2) is 88.8 Å². The Morgan fingerprint density at radius 2 is 1.78 bits per heavy atom. The van der Waals surface area contributed by atoms with E-state index in [0.29, 0.717) is 53.1 Å². The molecule has 4 aromatic carbocycles. The molecule has 0 fully saturated rings. The normalized spacial score (nSPS) is 17.0. The van der Waals surface area contributed by atoms with Crippen LogP contribution in [0, 0.1) is 27.7 Å². The number of aryl methyl sites for hydroxylation is 5. The van der Waals surface area contributed by atoms with Gasteiger partial charge in [0, 0.05) is 42.1 Å². The van der Waals surface area contributed by atoms with Crippen LogP contribution in [0.2, 0.25) is 0 Å². The molecule has 18 heteroatoms. The minimum absolute atomic E-state index is 0.0504. The fraction of sp³-hybridized carbons (Fsp3) is 0.340. The number of carbonyl (C=O) groups is 2. The minimum Gasteiger partial charge on any atom is -0.494 e. The number of carboxylic acid groups (broad SMARTS) is 1. The van der Waals surface area contributed by atoms with Crippen LogP contribution in [0.3, 0.4) is 0 Å². The van der Waals surface area contributed by atoms with Gasteiger partial charge in [0.1, 0.15) is 50.4 Å². The molecule has 5 heterocycles. The van der Waals surface area contributed by atoms with Gasteiger partial charge in [-0.25, -0.2) is 13.1 Å². The maximum Gasteiger partial charge on any atom is 0.304 e. The van der Waals surface area contributed by atoms with Crippen molar-refractivity contribution in [2.75, 3.05) is 20.2 Å². The zero-order valence-corrected chi connectivity index (χ0v) is 40.6. The molecule has 68 heavy (non-hydrogen) atoms. The van der Waals surface area contributed by atoms with E-state index in [1.54, 1.807) is 48.4 Å². The van der Waals surface area contributed by atoms with Crippen molar-refractivity contribution in [1.29, 1.82) is 0 Å². The van der Waals surface area contributed by atoms with Crippen molar-refractivity contribution in [2.24, 2.45) is 12.0 Å². The van der Waals surface area contributed by atoms with Gasteiger partial charge in [-0.1, -0.05) is 59.8 Å². The Morgan fingerprint density at radius 3 is 2.54 bits per heavy atom. The van der Waals surface area contributed by atoms with Crippen LogP contribution in [0.4, 0.5) is 0 Å². The Bertz CT molecular complexity index is 3230. The molecule has 7 aromatic rings. The summed E-state index contributed by atoms with van der Waals surface area (Å²) in [5, 5.41) is 31.4. The first-order valence-corrected chi connectivity index (χ1v) is 24.8. The van der Waals surface area contributed by atoms with Crippen LogP contribution >= 0.6 is 11.3 Å². The lowest BCUT2D eigenvalue weighted by Gasteiger charge is -2.24. The molecule has 3 atom stereocenters. The number of fused-ring (bicyclic) bond motifs is 5. The number of amides is 1. The average Bonchev–Trinajstić information content (AvgIpc) is 3.93. The Kier molecular flexibility index (Phi) is 12.8. The van der Waals surface area contributed by atoms with Gasteiger partial charge in [0.15, 0.2) is 5.82 Å². The van der Waals surface area contributed by atoms with Crippen LogP contribution in [-0.4, -0.2) is 91.5 Å². The van der Waals surface area contributed by atoms with Crippen molar-refractivity contribution >= 4 is 50.0 Å². The SMILES string of the molecule is COc1cc([C@@H](CC(=O)O)c2ccc(C)c(CN3C[C@@H](C)Oc4cc(CCCNC(=O)CC5N=C(c6ccccc6)c6c(sc(C)c6C)-n6c(C)nnc65)ccc4S3(=O)=O)c2)cc2nnn(C)c12. The van der Waals surface area contributed by atoms with Gasteiger partial charge in [-0.2, -0.15) is 4.31 Å². The maximum absolute atomic E-state index is 14.4. The van der Waals surface area contributed by atoms with Gasteiger partial charge in [-0.15, -0.1) is 26.6 Å². The van der Waals surface area contributed by atoms with Crippen molar-refractivity contribution in [2.45, 2.75) is 89.8 Å². The van der Waals surface area contributed by atoms with Gasteiger partial charge < -0.3 is 19.9 Å². The van der Waals surface area contributed by atoms with E-state index in [1.165, 1.54) is 9.18 Å². The topological polar surface area (TPSA) is 196 Å². The predicted molar refractivity (Wildman–Crippen MR) is 259 cm³/mol. The van der Waals surface area contributed by atoms with Crippen LogP contribution in [0.1, 0.15) is 99.2 Å². The van der Waals surface area contributed by atoms with E-state index in [0.717, 1.165) is 49.9 Å². The minimum atomic E-state index is -4.03. The quantitative estimate of drug-likeness (QED) is 0.103. The number of aliphatic imine (C=N–C) groups is 1. The molecule has 2 aliphatic rings. The monoisotopic (exact) mass is 955 g/mol. The summed E-state index contributed by atoms with van der Waals surface area (Å²) in [4.78, 5) is 32.3. The molecular weight excluding hydrogens is 903 g/mol. The van der Waals surface area contributed by atoms with Crippen LogP contribution in [0.25, 0.3) is 16.0 Å². The lowest BCUT2D eigenvalue weighted by atomic mass is 9.86. The fourth-order valence-corrected chi connectivity index (χ4v) is 12.0. The highest BCUT2D eigenvalue weighted by Crippen LogP contribution is 2.41. The number of hydrogen-bond donors (Lipinski definition) is 2. The first kappa shape index (κ1) is 46.4. The largest absolute Gasteiger partial charge is 0.494 e. The molecule has 16 nitrogen and oxygen atoms in total. The highest BCUT2D eigenvalue weighted by molar-refractivity contribution is 7.89. The number of nitrogens with one attached hydrogen (secondary N) is 1. The predicted octanol–water partition coefficient (Wildman–Crippen LogP) is 7.46. The molecule has 0 bridgehead atoms. The van der Waals surface area contributed by atoms with Crippen LogP contribution < -0.4 is 14.8 Å². The second kappa shape index (κ2) is 18.7. The lowest BCUT2D eigenvalue weighted by Crippen LogP contribution is -2.35. The van der Waals surface area contributed by atoms with Gasteiger partial charge in [0.05, 0.1) is 32.2 Å². The number of sulfonamides is 1. The summed E-state index contributed by atoms with van der Waals surface area (Å²) in [6.45, 7) is 10.4. The maximum atomic E-state index is 14.4. The van der Waals surface area contributed by atoms with Crippen LogP contribution in [-0.2, 0) is 39.6 Å². The molecule has 352 valence electrons. The fourth-order valence-electron chi connectivity index (χ4n) is 9.23. The van der Waals surface area contributed by atoms with Crippen molar-refractivity contribution in [3.05, 3.63) is 140 Å². The summed E-state index contributed by atoms with van der Waals surface area (Å²) >= 11 is 1.67. The first-order chi connectivity index (χ1) is 32.6. The highest BCUT2D eigenvalue weighted by Gasteiger charge is 2.35. The lowest BCUT2D eigenvalue weighted by molar-refractivity contribution is -0.137. The van der Waals surface area contributed by atoms with E-state index in [4.69, 9.17) is 14.5 Å². The molecule has 2 aliphatic heterocycles. The van der Waals surface area contributed by atoms with E-state index in [-0.39, 0.29) is 42.5 Å². The van der Waals surface area contributed by atoms with Gasteiger partial charge in [0.2, 0.25) is 15.9 Å². The summed E-state index contributed by atoms with van der Waals surface area (Å²) in [7, 11) is -0.725. The zero-order valence-electron chi connectivity index (χ0n) is 39.0. The number of hydrogen-bond acceptors (Lipinski definition) is 12. The number of rotatable bonds is 14.